The number of sulfonamides is 1. The van der Waals surface area contributed by atoms with Crippen molar-refractivity contribution in [3.8, 4) is 11.4 Å². The molecule has 102 valence electrons. The zero-order valence-electron chi connectivity index (χ0n) is 11.0. The van der Waals surface area contributed by atoms with E-state index in [0.29, 0.717) is 5.82 Å². The highest BCUT2D eigenvalue weighted by atomic mass is 32.2. The quantitative estimate of drug-likeness (QED) is 0.898. The number of rotatable bonds is 2. The average molecular weight is 280 g/mol. The largest absolute Gasteiger partial charge is 0.291 e. The molecule has 0 atom stereocenters. The SMILES string of the molecule is CC(C)(C)n1c(-c2ccccc2)nnc1S(N)(=O)=O. The van der Waals surface area contributed by atoms with Gasteiger partial charge >= 0.3 is 0 Å². The molecule has 0 saturated carbocycles. The summed E-state index contributed by atoms with van der Waals surface area (Å²) in [5, 5.41) is 12.7. The van der Waals surface area contributed by atoms with E-state index < -0.39 is 15.6 Å². The van der Waals surface area contributed by atoms with Gasteiger partial charge in [-0.25, -0.2) is 13.6 Å². The average Bonchev–Trinajstić information content (AvgIpc) is 2.74. The highest BCUT2D eigenvalue weighted by Gasteiger charge is 2.29. The first-order valence-electron chi connectivity index (χ1n) is 5.75. The zero-order chi connectivity index (χ0) is 14.3. The molecule has 1 aromatic heterocycles. The molecule has 1 aromatic carbocycles. The molecule has 0 aliphatic heterocycles. The van der Waals surface area contributed by atoms with E-state index in [0.717, 1.165) is 5.56 Å². The Morgan fingerprint density at radius 2 is 1.68 bits per heavy atom. The predicted octanol–water partition coefficient (Wildman–Crippen LogP) is 1.35. The minimum Gasteiger partial charge on any atom is -0.291 e. The van der Waals surface area contributed by atoms with E-state index >= 15 is 0 Å². The molecule has 0 spiro atoms. The van der Waals surface area contributed by atoms with Crippen molar-refractivity contribution in [2.75, 3.05) is 0 Å². The Morgan fingerprint density at radius 3 is 2.16 bits per heavy atom. The van der Waals surface area contributed by atoms with Crippen LogP contribution < -0.4 is 5.14 Å². The molecule has 0 unspecified atom stereocenters. The third-order valence-corrected chi connectivity index (χ3v) is 3.36. The van der Waals surface area contributed by atoms with Crippen LogP contribution in [0.5, 0.6) is 0 Å². The molecule has 0 bridgehead atoms. The second-order valence-corrected chi connectivity index (χ2v) is 6.68. The van der Waals surface area contributed by atoms with Crippen LogP contribution in [-0.2, 0) is 15.6 Å². The van der Waals surface area contributed by atoms with E-state index in [-0.39, 0.29) is 5.16 Å². The van der Waals surface area contributed by atoms with Crippen molar-refractivity contribution < 1.29 is 8.42 Å². The molecule has 7 heteroatoms. The Balaban J connectivity index is 2.75. The van der Waals surface area contributed by atoms with Crippen LogP contribution in [0.3, 0.4) is 0 Å². The van der Waals surface area contributed by atoms with Crippen LogP contribution in [0.2, 0.25) is 0 Å². The molecular weight excluding hydrogens is 264 g/mol. The van der Waals surface area contributed by atoms with Crippen LogP contribution in [0.25, 0.3) is 11.4 Å². The van der Waals surface area contributed by atoms with Gasteiger partial charge in [-0.05, 0) is 20.8 Å². The molecule has 2 rings (SSSR count). The molecule has 2 aromatic rings. The number of hydrogen-bond acceptors (Lipinski definition) is 4. The molecule has 1 heterocycles. The summed E-state index contributed by atoms with van der Waals surface area (Å²) in [7, 11) is -3.91. The maximum absolute atomic E-state index is 11.6. The molecule has 19 heavy (non-hydrogen) atoms. The van der Waals surface area contributed by atoms with Crippen molar-refractivity contribution in [1.82, 2.24) is 14.8 Å². The smallest absolute Gasteiger partial charge is 0.273 e. The van der Waals surface area contributed by atoms with Crippen molar-refractivity contribution in [1.29, 1.82) is 0 Å². The fourth-order valence-corrected chi connectivity index (χ4v) is 2.60. The number of benzene rings is 1. The summed E-state index contributed by atoms with van der Waals surface area (Å²) < 4.78 is 24.7. The summed E-state index contributed by atoms with van der Waals surface area (Å²) in [6.07, 6.45) is 0. The Morgan fingerprint density at radius 1 is 1.11 bits per heavy atom. The van der Waals surface area contributed by atoms with Gasteiger partial charge in [0.05, 0.1) is 0 Å². The zero-order valence-corrected chi connectivity index (χ0v) is 11.8. The number of hydrogen-bond donors (Lipinski definition) is 1. The lowest BCUT2D eigenvalue weighted by atomic mass is 10.1. The highest BCUT2D eigenvalue weighted by Crippen LogP contribution is 2.27. The highest BCUT2D eigenvalue weighted by molar-refractivity contribution is 7.89. The Kier molecular flexibility index (Phi) is 3.19. The molecule has 2 N–H and O–H groups in total. The predicted molar refractivity (Wildman–Crippen MR) is 71.8 cm³/mol. The van der Waals surface area contributed by atoms with Crippen LogP contribution in [0.15, 0.2) is 35.5 Å². The van der Waals surface area contributed by atoms with Crippen molar-refractivity contribution in [3.63, 3.8) is 0 Å². The van der Waals surface area contributed by atoms with Crippen molar-refractivity contribution in [2.45, 2.75) is 31.5 Å². The van der Waals surface area contributed by atoms with E-state index in [4.69, 9.17) is 5.14 Å². The van der Waals surface area contributed by atoms with Gasteiger partial charge in [-0.15, -0.1) is 10.2 Å². The van der Waals surface area contributed by atoms with Gasteiger partial charge in [-0.1, -0.05) is 30.3 Å². The van der Waals surface area contributed by atoms with Crippen LogP contribution >= 0.6 is 0 Å². The lowest BCUT2D eigenvalue weighted by Gasteiger charge is -2.24. The first-order chi connectivity index (χ1) is 8.71. The number of aromatic nitrogens is 3. The third-order valence-electron chi connectivity index (χ3n) is 2.59. The Hall–Kier alpha value is -1.73. The monoisotopic (exact) mass is 280 g/mol. The maximum Gasteiger partial charge on any atom is 0.273 e. The van der Waals surface area contributed by atoms with E-state index in [1.54, 1.807) is 0 Å². The van der Waals surface area contributed by atoms with Gasteiger partial charge < -0.3 is 0 Å². The lowest BCUT2D eigenvalue weighted by Crippen LogP contribution is -2.29. The topological polar surface area (TPSA) is 90.9 Å². The van der Waals surface area contributed by atoms with Gasteiger partial charge in [0.2, 0.25) is 0 Å². The standard InChI is InChI=1S/C12H16N4O2S/c1-12(2,3)16-10(9-7-5-4-6-8-9)14-15-11(16)19(13,17)18/h4-8H,1-3H3,(H2,13,17,18). The number of primary sulfonamides is 1. The van der Waals surface area contributed by atoms with Crippen molar-refractivity contribution in [3.05, 3.63) is 30.3 Å². The fourth-order valence-electron chi connectivity index (χ4n) is 1.83. The fraction of sp³-hybridized carbons (Fsp3) is 0.333. The van der Waals surface area contributed by atoms with Crippen molar-refractivity contribution in [2.24, 2.45) is 5.14 Å². The molecule has 0 amide bonds. The Bertz CT molecular complexity index is 684. The second kappa shape index (κ2) is 4.43. The van der Waals surface area contributed by atoms with E-state index in [9.17, 15) is 8.42 Å². The molecule has 0 saturated heterocycles. The molecule has 0 radical (unpaired) electrons. The summed E-state index contributed by atoms with van der Waals surface area (Å²) in [4.78, 5) is 0. The van der Waals surface area contributed by atoms with E-state index in [1.807, 2.05) is 51.1 Å². The first kappa shape index (κ1) is 13.7. The molecular formula is C12H16N4O2S. The summed E-state index contributed by atoms with van der Waals surface area (Å²) in [5.74, 6) is 0.483. The van der Waals surface area contributed by atoms with Crippen LogP contribution in [0, 0.1) is 0 Å². The third kappa shape index (κ3) is 2.66. The Labute approximate surface area is 112 Å². The number of nitrogens with two attached hydrogens (primary N) is 1. The van der Waals surface area contributed by atoms with Gasteiger partial charge in [0.25, 0.3) is 15.2 Å². The van der Waals surface area contributed by atoms with Gasteiger partial charge in [0.15, 0.2) is 5.82 Å². The first-order valence-corrected chi connectivity index (χ1v) is 7.30. The van der Waals surface area contributed by atoms with Gasteiger partial charge in [-0.2, -0.15) is 0 Å². The molecule has 6 nitrogen and oxygen atoms in total. The summed E-state index contributed by atoms with van der Waals surface area (Å²) in [6, 6.07) is 9.28. The van der Waals surface area contributed by atoms with E-state index in [2.05, 4.69) is 10.2 Å². The normalized spacial score (nSPS) is 12.6. The van der Waals surface area contributed by atoms with Crippen LogP contribution in [0.1, 0.15) is 20.8 Å². The van der Waals surface area contributed by atoms with Gasteiger partial charge in [0, 0.05) is 11.1 Å². The lowest BCUT2D eigenvalue weighted by molar-refractivity contribution is 0.366. The molecule has 0 aliphatic rings. The minimum absolute atomic E-state index is 0.223. The number of nitrogens with zero attached hydrogens (tertiary/aromatic N) is 3. The van der Waals surface area contributed by atoms with Crippen LogP contribution in [0.4, 0.5) is 0 Å². The van der Waals surface area contributed by atoms with E-state index in [1.165, 1.54) is 4.57 Å². The summed E-state index contributed by atoms with van der Waals surface area (Å²) in [6.45, 7) is 5.62. The molecule has 0 aliphatic carbocycles. The molecule has 0 fully saturated rings. The van der Waals surface area contributed by atoms with Gasteiger partial charge in [-0.3, -0.25) is 4.57 Å². The minimum atomic E-state index is -3.91. The summed E-state index contributed by atoms with van der Waals surface area (Å²) in [5.41, 5.74) is 0.288. The van der Waals surface area contributed by atoms with Gasteiger partial charge in [0.1, 0.15) is 0 Å². The van der Waals surface area contributed by atoms with Crippen LogP contribution in [-0.4, -0.2) is 23.2 Å². The second-order valence-electron chi connectivity index (χ2n) is 5.22. The maximum atomic E-state index is 11.6. The van der Waals surface area contributed by atoms with Crippen molar-refractivity contribution >= 4 is 10.0 Å². The summed E-state index contributed by atoms with van der Waals surface area (Å²) >= 11 is 0.